The van der Waals surface area contributed by atoms with Crippen LogP contribution in [0.4, 0.5) is 10.5 Å². The van der Waals surface area contributed by atoms with Gasteiger partial charge in [-0.15, -0.1) is 0 Å². The maximum Gasteiger partial charge on any atom is 0.293 e. The Kier molecular flexibility index (Phi) is 5.24. The third-order valence-corrected chi connectivity index (χ3v) is 5.69. The van der Waals surface area contributed by atoms with E-state index in [2.05, 4.69) is 0 Å². The zero-order valence-electron chi connectivity index (χ0n) is 15.9. The van der Waals surface area contributed by atoms with Gasteiger partial charge in [-0.2, -0.15) is 0 Å². The van der Waals surface area contributed by atoms with E-state index in [-0.39, 0.29) is 23.4 Å². The van der Waals surface area contributed by atoms with E-state index in [0.717, 1.165) is 38.7 Å². The molecule has 0 unspecified atom stereocenters. The van der Waals surface area contributed by atoms with Gasteiger partial charge in [0.2, 0.25) is 0 Å². The maximum absolute atomic E-state index is 12.8. The van der Waals surface area contributed by atoms with Gasteiger partial charge in [-0.1, -0.05) is 42.5 Å². The number of amides is 2. The summed E-state index contributed by atoms with van der Waals surface area (Å²) in [4.78, 5) is 37.0. The number of rotatable bonds is 5. The molecule has 0 radical (unpaired) electrons. The molecule has 0 bridgehead atoms. The highest BCUT2D eigenvalue weighted by Crippen LogP contribution is 2.36. The minimum atomic E-state index is -0.494. The van der Waals surface area contributed by atoms with Crippen LogP contribution in [0, 0.1) is 10.1 Å². The first-order chi connectivity index (χ1) is 14.5. The Labute approximate surface area is 176 Å². The molecule has 7 nitrogen and oxygen atoms in total. The molecule has 8 heteroatoms. The first kappa shape index (κ1) is 19.7. The van der Waals surface area contributed by atoms with Crippen LogP contribution in [0.5, 0.6) is 5.75 Å². The molecule has 1 aliphatic rings. The molecule has 4 rings (SSSR count). The molecule has 150 valence electrons. The number of imide groups is 1. The number of nitrogens with zero attached hydrogens (tertiary/aromatic N) is 2. The third kappa shape index (κ3) is 3.65. The zero-order chi connectivity index (χ0) is 21.3. The summed E-state index contributed by atoms with van der Waals surface area (Å²) >= 11 is 0.881. The summed E-state index contributed by atoms with van der Waals surface area (Å²) in [6.07, 6.45) is 1.71. The van der Waals surface area contributed by atoms with Crippen molar-refractivity contribution in [2.75, 3.05) is 7.11 Å². The fourth-order valence-corrected chi connectivity index (χ4v) is 4.11. The standard InChI is InChI=1S/C22H16N2O5S/c1-29-19-11-8-15(17-4-2-3-5-18(17)19)12-20-21(25)23(22(26)30-20)13-14-6-9-16(10-7-14)24(27)28/h2-12H,13H2,1H3/b20-12+. The molecule has 0 atom stereocenters. The third-order valence-electron chi connectivity index (χ3n) is 4.79. The molecule has 0 N–H and O–H groups in total. The first-order valence-electron chi connectivity index (χ1n) is 9.02. The van der Waals surface area contributed by atoms with Crippen LogP contribution in [0.15, 0.2) is 65.6 Å². The quantitative estimate of drug-likeness (QED) is 0.328. The number of fused-ring (bicyclic) bond motifs is 1. The molecule has 3 aromatic rings. The molecule has 3 aromatic carbocycles. The Hall–Kier alpha value is -3.65. The van der Waals surface area contributed by atoms with Crippen LogP contribution < -0.4 is 4.74 Å². The molecule has 30 heavy (non-hydrogen) atoms. The minimum Gasteiger partial charge on any atom is -0.496 e. The van der Waals surface area contributed by atoms with Crippen molar-refractivity contribution in [1.82, 2.24) is 4.90 Å². The predicted molar refractivity (Wildman–Crippen MR) is 115 cm³/mol. The van der Waals surface area contributed by atoms with Gasteiger partial charge in [0.05, 0.1) is 23.5 Å². The number of methoxy groups -OCH3 is 1. The van der Waals surface area contributed by atoms with Gasteiger partial charge >= 0.3 is 0 Å². The van der Waals surface area contributed by atoms with Gasteiger partial charge < -0.3 is 4.74 Å². The molecule has 2 amide bonds. The molecule has 0 aromatic heterocycles. The number of nitro groups is 1. The van der Waals surface area contributed by atoms with Crippen LogP contribution >= 0.6 is 11.8 Å². The average molecular weight is 420 g/mol. The van der Waals surface area contributed by atoms with E-state index in [9.17, 15) is 19.7 Å². The number of thioether (sulfide) groups is 1. The van der Waals surface area contributed by atoms with E-state index in [0.29, 0.717) is 10.5 Å². The van der Waals surface area contributed by atoms with E-state index in [1.54, 1.807) is 25.3 Å². The lowest BCUT2D eigenvalue weighted by molar-refractivity contribution is -0.384. The summed E-state index contributed by atoms with van der Waals surface area (Å²) in [5, 5.41) is 12.2. The van der Waals surface area contributed by atoms with Crippen LogP contribution in [-0.2, 0) is 11.3 Å². The largest absolute Gasteiger partial charge is 0.496 e. The van der Waals surface area contributed by atoms with Crippen molar-refractivity contribution in [3.05, 3.63) is 86.8 Å². The highest BCUT2D eigenvalue weighted by Gasteiger charge is 2.35. The Morgan fingerprint density at radius 1 is 1.03 bits per heavy atom. The number of carbonyl (C=O) groups is 2. The molecule has 0 saturated carbocycles. The van der Waals surface area contributed by atoms with Gasteiger partial charge in [0.1, 0.15) is 5.75 Å². The van der Waals surface area contributed by atoms with Crippen LogP contribution in [0.2, 0.25) is 0 Å². The smallest absolute Gasteiger partial charge is 0.293 e. The fourth-order valence-electron chi connectivity index (χ4n) is 3.28. The van der Waals surface area contributed by atoms with Crippen molar-refractivity contribution in [3.8, 4) is 5.75 Å². The second-order valence-corrected chi connectivity index (χ2v) is 7.59. The molecule has 0 aliphatic carbocycles. The molecule has 1 heterocycles. The summed E-state index contributed by atoms with van der Waals surface area (Å²) in [6, 6.07) is 17.2. The summed E-state index contributed by atoms with van der Waals surface area (Å²) in [5.41, 5.74) is 1.41. The SMILES string of the molecule is COc1ccc(/C=C2/SC(=O)N(Cc3ccc([N+](=O)[O-])cc3)C2=O)c2ccccc12. The number of ether oxygens (including phenoxy) is 1. The Morgan fingerprint density at radius 2 is 1.73 bits per heavy atom. The molecular weight excluding hydrogens is 404 g/mol. The number of nitro benzene ring substituents is 1. The van der Waals surface area contributed by atoms with E-state index < -0.39 is 4.92 Å². The van der Waals surface area contributed by atoms with Gasteiger partial charge in [-0.05, 0) is 40.4 Å². The topological polar surface area (TPSA) is 89.8 Å². The van der Waals surface area contributed by atoms with E-state index >= 15 is 0 Å². The first-order valence-corrected chi connectivity index (χ1v) is 9.84. The van der Waals surface area contributed by atoms with Crippen molar-refractivity contribution >= 4 is 45.4 Å². The number of hydrogen-bond acceptors (Lipinski definition) is 6. The molecule has 0 spiro atoms. The predicted octanol–water partition coefficient (Wildman–Crippen LogP) is 4.99. The second-order valence-electron chi connectivity index (χ2n) is 6.59. The molecular formula is C22H16N2O5S. The Bertz CT molecular complexity index is 1200. The summed E-state index contributed by atoms with van der Waals surface area (Å²) in [5.74, 6) is 0.345. The van der Waals surface area contributed by atoms with E-state index in [1.807, 2.05) is 36.4 Å². The normalized spacial score (nSPS) is 15.2. The van der Waals surface area contributed by atoms with Crippen LogP contribution in [0.3, 0.4) is 0 Å². The maximum atomic E-state index is 12.8. The van der Waals surface area contributed by atoms with Crippen molar-refractivity contribution in [1.29, 1.82) is 0 Å². The van der Waals surface area contributed by atoms with Gasteiger partial charge in [0.25, 0.3) is 16.8 Å². The highest BCUT2D eigenvalue weighted by atomic mass is 32.2. The van der Waals surface area contributed by atoms with Gasteiger partial charge in [-0.3, -0.25) is 24.6 Å². The van der Waals surface area contributed by atoms with Crippen LogP contribution in [0.25, 0.3) is 16.8 Å². The van der Waals surface area contributed by atoms with Crippen molar-refractivity contribution in [2.24, 2.45) is 0 Å². The molecule has 1 saturated heterocycles. The average Bonchev–Trinajstić information content (AvgIpc) is 3.01. The highest BCUT2D eigenvalue weighted by molar-refractivity contribution is 8.18. The minimum absolute atomic E-state index is 0.0424. The summed E-state index contributed by atoms with van der Waals surface area (Å²) < 4.78 is 5.40. The van der Waals surface area contributed by atoms with Crippen molar-refractivity contribution in [2.45, 2.75) is 6.54 Å². The lowest BCUT2D eigenvalue weighted by Gasteiger charge is -2.12. The lowest BCUT2D eigenvalue weighted by Crippen LogP contribution is -2.27. The van der Waals surface area contributed by atoms with Crippen LogP contribution in [0.1, 0.15) is 11.1 Å². The summed E-state index contributed by atoms with van der Waals surface area (Å²) in [7, 11) is 1.60. The Morgan fingerprint density at radius 3 is 2.40 bits per heavy atom. The number of carbonyl (C=O) groups excluding carboxylic acids is 2. The van der Waals surface area contributed by atoms with Crippen LogP contribution in [-0.4, -0.2) is 28.1 Å². The lowest BCUT2D eigenvalue weighted by atomic mass is 10.0. The van der Waals surface area contributed by atoms with Crippen molar-refractivity contribution in [3.63, 3.8) is 0 Å². The number of benzene rings is 3. The Balaban J connectivity index is 1.62. The second kappa shape index (κ2) is 8.00. The fraction of sp³-hybridized carbons (Fsp3) is 0.0909. The molecule has 1 aliphatic heterocycles. The monoisotopic (exact) mass is 420 g/mol. The molecule has 1 fully saturated rings. The van der Waals surface area contributed by atoms with Gasteiger partial charge in [-0.25, -0.2) is 0 Å². The van der Waals surface area contributed by atoms with E-state index in [1.165, 1.54) is 12.1 Å². The van der Waals surface area contributed by atoms with E-state index in [4.69, 9.17) is 4.74 Å². The number of non-ortho nitro benzene ring substituents is 1. The number of hydrogen-bond donors (Lipinski definition) is 0. The van der Waals surface area contributed by atoms with Gasteiger partial charge in [0, 0.05) is 17.5 Å². The van der Waals surface area contributed by atoms with Crippen molar-refractivity contribution < 1.29 is 19.2 Å². The van der Waals surface area contributed by atoms with Gasteiger partial charge in [0.15, 0.2) is 0 Å². The zero-order valence-corrected chi connectivity index (χ0v) is 16.7. The summed E-state index contributed by atoms with van der Waals surface area (Å²) in [6.45, 7) is 0.0589.